The lowest BCUT2D eigenvalue weighted by molar-refractivity contribution is -0.137. The number of carbonyl (C=O) groups is 1. The molecule has 0 radical (unpaired) electrons. The van der Waals surface area contributed by atoms with Gasteiger partial charge in [0, 0.05) is 28.4 Å². The molecule has 176 valence electrons. The van der Waals surface area contributed by atoms with E-state index in [4.69, 9.17) is 5.73 Å². The third-order valence-corrected chi connectivity index (χ3v) is 5.94. The van der Waals surface area contributed by atoms with Gasteiger partial charge in [0.05, 0.1) is 29.1 Å². The minimum Gasteiger partial charge on any atom is -0.366 e. The molecule has 1 amide bonds. The van der Waals surface area contributed by atoms with Crippen molar-refractivity contribution in [3.63, 3.8) is 0 Å². The Morgan fingerprint density at radius 1 is 1.15 bits per heavy atom. The highest BCUT2D eigenvalue weighted by molar-refractivity contribution is 7.14. The van der Waals surface area contributed by atoms with Crippen LogP contribution in [0.4, 0.5) is 32.8 Å². The average molecular weight is 492 g/mol. The molecule has 0 spiro atoms. The van der Waals surface area contributed by atoms with Crippen molar-refractivity contribution in [3.8, 4) is 11.4 Å². The second-order valence-corrected chi connectivity index (χ2v) is 8.31. The number of anilines is 2. The smallest absolute Gasteiger partial charge is 0.366 e. The summed E-state index contributed by atoms with van der Waals surface area (Å²) >= 11 is 1.14. The number of halogens is 5. The summed E-state index contributed by atoms with van der Waals surface area (Å²) in [6, 6.07) is 9.41. The number of benzene rings is 2. The van der Waals surface area contributed by atoms with Crippen molar-refractivity contribution in [1.29, 1.82) is 0 Å². The molecule has 11 heteroatoms. The Morgan fingerprint density at radius 2 is 1.91 bits per heavy atom. The zero-order valence-electron chi connectivity index (χ0n) is 17.6. The normalized spacial score (nSPS) is 11.6. The van der Waals surface area contributed by atoms with Crippen molar-refractivity contribution in [1.82, 2.24) is 9.55 Å². The Kier molecular flexibility index (Phi) is 6.13. The highest BCUT2D eigenvalue weighted by Gasteiger charge is 2.30. The van der Waals surface area contributed by atoms with Crippen molar-refractivity contribution < 1.29 is 26.7 Å². The average Bonchev–Trinajstić information content (AvgIpc) is 3.34. The first-order valence-corrected chi connectivity index (χ1v) is 10.7. The number of hydrogen-bond acceptors (Lipinski definition) is 4. The van der Waals surface area contributed by atoms with Gasteiger partial charge in [-0.3, -0.25) is 4.79 Å². The Hall–Kier alpha value is -3.73. The van der Waals surface area contributed by atoms with Crippen molar-refractivity contribution in [2.75, 3.05) is 5.32 Å². The van der Waals surface area contributed by atoms with Crippen LogP contribution in [0.5, 0.6) is 0 Å². The molecule has 34 heavy (non-hydrogen) atoms. The third kappa shape index (κ3) is 4.79. The molecule has 0 atom stereocenters. The number of nitrogens with two attached hydrogens (primary N) is 1. The number of aromatic nitrogens is 2. The fourth-order valence-electron chi connectivity index (χ4n) is 3.48. The second-order valence-electron chi connectivity index (χ2n) is 7.46. The first kappa shape index (κ1) is 23.4. The molecule has 4 rings (SSSR count). The minimum absolute atomic E-state index is 0.0194. The van der Waals surface area contributed by atoms with E-state index >= 15 is 0 Å². The van der Waals surface area contributed by atoms with E-state index in [9.17, 15) is 26.7 Å². The molecule has 0 unspecified atom stereocenters. The summed E-state index contributed by atoms with van der Waals surface area (Å²) in [5.41, 5.74) is 6.59. The quantitative estimate of drug-likeness (QED) is 0.319. The maximum absolute atomic E-state index is 14.3. The predicted octanol–water partition coefficient (Wildman–Crippen LogP) is 6.11. The number of primary amides is 1. The van der Waals surface area contributed by atoms with Crippen LogP contribution in [0.25, 0.3) is 11.4 Å². The number of nitrogens with zero attached hydrogens (tertiary/aromatic N) is 2. The number of nitrogens with one attached hydrogen (secondary N) is 1. The van der Waals surface area contributed by atoms with E-state index in [-0.39, 0.29) is 23.4 Å². The van der Waals surface area contributed by atoms with E-state index in [0.717, 1.165) is 35.6 Å². The van der Waals surface area contributed by atoms with Crippen LogP contribution in [-0.4, -0.2) is 15.5 Å². The first-order valence-electron chi connectivity index (χ1n) is 9.87. The number of carbonyl (C=O) groups excluding carboxylic acids is 1. The molecular weight excluding hydrogens is 475 g/mol. The monoisotopic (exact) mass is 492 g/mol. The molecule has 0 saturated carbocycles. The van der Waals surface area contributed by atoms with Crippen LogP contribution in [0, 0.1) is 18.6 Å². The molecule has 4 aromatic rings. The van der Waals surface area contributed by atoms with Crippen LogP contribution < -0.4 is 11.1 Å². The van der Waals surface area contributed by atoms with E-state index in [2.05, 4.69) is 10.3 Å². The van der Waals surface area contributed by atoms with Gasteiger partial charge < -0.3 is 15.6 Å². The van der Waals surface area contributed by atoms with Crippen LogP contribution >= 0.6 is 11.3 Å². The number of amides is 1. The molecule has 3 N–H and O–H groups in total. The summed E-state index contributed by atoms with van der Waals surface area (Å²) in [5, 5.41) is 4.80. The van der Waals surface area contributed by atoms with Gasteiger partial charge in [-0.05, 0) is 37.3 Å². The number of thiazole rings is 1. The van der Waals surface area contributed by atoms with Crippen molar-refractivity contribution in [2.24, 2.45) is 5.73 Å². The Labute approximate surface area is 194 Å². The SMILES string of the molecule is Cc1c(C(N)=O)cc(-c2csc(Nc3cccc(C(F)(F)F)c3)n2)n1Cc1ccc(F)cc1F. The molecule has 2 aromatic heterocycles. The van der Waals surface area contributed by atoms with Crippen molar-refractivity contribution >= 4 is 28.1 Å². The van der Waals surface area contributed by atoms with Crippen LogP contribution in [0.1, 0.15) is 27.2 Å². The zero-order chi connectivity index (χ0) is 24.6. The highest BCUT2D eigenvalue weighted by atomic mass is 32.1. The predicted molar refractivity (Wildman–Crippen MR) is 119 cm³/mol. The van der Waals surface area contributed by atoms with Crippen molar-refractivity contribution in [2.45, 2.75) is 19.6 Å². The number of alkyl halides is 3. The number of rotatable bonds is 6. The van der Waals surface area contributed by atoms with E-state index in [1.807, 2.05) is 0 Å². The standard InChI is InChI=1S/C23H17F5N4OS/c1-12-17(21(29)33)9-20(32(12)10-13-5-6-15(24)8-18(13)25)19-11-34-22(31-19)30-16-4-2-3-14(7-16)23(26,27)28/h2-9,11H,10H2,1H3,(H2,29,33)(H,30,31). The molecule has 5 nitrogen and oxygen atoms in total. The van der Waals surface area contributed by atoms with E-state index in [1.165, 1.54) is 24.3 Å². The lowest BCUT2D eigenvalue weighted by atomic mass is 10.2. The molecule has 0 aliphatic carbocycles. The molecule has 0 saturated heterocycles. The van der Waals surface area contributed by atoms with Gasteiger partial charge in [0.2, 0.25) is 0 Å². The molecule has 0 bridgehead atoms. The minimum atomic E-state index is -4.48. The molecule has 0 aliphatic rings. The Balaban J connectivity index is 1.69. The van der Waals surface area contributed by atoms with Gasteiger partial charge in [-0.25, -0.2) is 13.8 Å². The van der Waals surface area contributed by atoms with Crippen LogP contribution in [-0.2, 0) is 12.7 Å². The summed E-state index contributed by atoms with van der Waals surface area (Å²) in [6.45, 7) is 1.62. The Morgan fingerprint density at radius 3 is 2.59 bits per heavy atom. The van der Waals surface area contributed by atoms with Crippen LogP contribution in [0.3, 0.4) is 0 Å². The van der Waals surface area contributed by atoms with E-state index in [1.54, 1.807) is 16.9 Å². The Bertz CT molecular complexity index is 1380. The fraction of sp³-hybridized carbons (Fsp3) is 0.130. The van der Waals surface area contributed by atoms with Gasteiger partial charge in [-0.15, -0.1) is 11.3 Å². The molecular formula is C23H17F5N4OS. The van der Waals surface area contributed by atoms with Crippen molar-refractivity contribution in [3.05, 3.63) is 87.9 Å². The maximum Gasteiger partial charge on any atom is 0.416 e. The summed E-state index contributed by atoms with van der Waals surface area (Å²) in [4.78, 5) is 16.3. The fourth-order valence-corrected chi connectivity index (χ4v) is 4.20. The van der Waals surface area contributed by atoms with Gasteiger partial charge in [-0.2, -0.15) is 13.2 Å². The largest absolute Gasteiger partial charge is 0.416 e. The lowest BCUT2D eigenvalue weighted by Crippen LogP contribution is -2.13. The summed E-state index contributed by atoms with van der Waals surface area (Å²) in [5.74, 6) is -2.15. The lowest BCUT2D eigenvalue weighted by Gasteiger charge is -2.12. The first-order chi connectivity index (χ1) is 16.0. The van der Waals surface area contributed by atoms with Gasteiger partial charge in [0.15, 0.2) is 5.13 Å². The summed E-state index contributed by atoms with van der Waals surface area (Å²) in [7, 11) is 0. The molecule has 0 fully saturated rings. The molecule has 2 aromatic carbocycles. The van der Waals surface area contributed by atoms with Crippen LogP contribution in [0.2, 0.25) is 0 Å². The zero-order valence-corrected chi connectivity index (χ0v) is 18.4. The maximum atomic E-state index is 14.3. The van der Waals surface area contributed by atoms with E-state index in [0.29, 0.717) is 22.2 Å². The third-order valence-electron chi connectivity index (χ3n) is 5.18. The van der Waals surface area contributed by atoms with Crippen LogP contribution in [0.15, 0.2) is 53.9 Å². The van der Waals surface area contributed by atoms with Gasteiger partial charge in [-0.1, -0.05) is 12.1 Å². The summed E-state index contributed by atoms with van der Waals surface area (Å²) in [6.07, 6.45) is -4.48. The van der Waals surface area contributed by atoms with E-state index < -0.39 is 29.3 Å². The summed E-state index contributed by atoms with van der Waals surface area (Å²) < 4.78 is 68.2. The number of hydrogen-bond donors (Lipinski definition) is 2. The van der Waals surface area contributed by atoms with Gasteiger partial charge in [0.1, 0.15) is 11.6 Å². The van der Waals surface area contributed by atoms with Gasteiger partial charge >= 0.3 is 6.18 Å². The molecule has 2 heterocycles. The van der Waals surface area contributed by atoms with Gasteiger partial charge in [0.25, 0.3) is 5.91 Å². The molecule has 0 aliphatic heterocycles. The second kappa shape index (κ2) is 8.90. The highest BCUT2D eigenvalue weighted by Crippen LogP contribution is 2.34. The topological polar surface area (TPSA) is 72.9 Å².